The molecule has 0 saturated heterocycles. The molecule has 4 rings (SSSR count). The molecule has 0 amide bonds. The minimum Gasteiger partial charge on any atom is -0.385 e. The smallest absolute Gasteiger partial charge is 0.0868 e. The molecule has 3 aromatic rings. The second kappa shape index (κ2) is 9.22. The van der Waals surface area contributed by atoms with Gasteiger partial charge >= 0.3 is 0 Å². The number of allylic oxidation sites excluding steroid dienone is 2. The van der Waals surface area contributed by atoms with Gasteiger partial charge in [-0.1, -0.05) is 62.8 Å². The number of hydrogen-bond acceptors (Lipinski definition) is 3. The maximum absolute atomic E-state index is 10.8. The number of rotatable bonds is 7. The van der Waals surface area contributed by atoms with Gasteiger partial charge < -0.3 is 5.11 Å². The normalized spacial score (nSPS) is 14.8. The van der Waals surface area contributed by atoms with Crippen molar-refractivity contribution in [3.05, 3.63) is 95.0 Å². The molecule has 1 atom stereocenters. The number of nitrogens with zero attached hydrogens (tertiary/aromatic N) is 2. The van der Waals surface area contributed by atoms with E-state index in [1.54, 1.807) is 0 Å². The van der Waals surface area contributed by atoms with Crippen LogP contribution >= 0.6 is 0 Å². The van der Waals surface area contributed by atoms with Crippen LogP contribution in [0, 0.1) is 6.92 Å². The maximum atomic E-state index is 10.8. The molecule has 1 N–H and O–H groups in total. The fourth-order valence-corrected chi connectivity index (χ4v) is 4.32. The van der Waals surface area contributed by atoms with E-state index < -0.39 is 5.60 Å². The molecule has 3 heteroatoms. The van der Waals surface area contributed by atoms with Gasteiger partial charge in [-0.05, 0) is 67.2 Å². The molecular weight excluding hydrogens is 392 g/mol. The Kier molecular flexibility index (Phi) is 6.38. The summed E-state index contributed by atoms with van der Waals surface area (Å²) in [5.74, 6) is 0. The second-order valence-electron chi connectivity index (χ2n) is 9.07. The van der Waals surface area contributed by atoms with Crippen molar-refractivity contribution in [1.82, 2.24) is 9.97 Å². The minimum absolute atomic E-state index is 0.722. The summed E-state index contributed by atoms with van der Waals surface area (Å²) in [6.45, 7) is 10.4. The highest BCUT2D eigenvalue weighted by atomic mass is 16.3. The van der Waals surface area contributed by atoms with E-state index in [2.05, 4.69) is 67.0 Å². The Labute approximate surface area is 191 Å². The summed E-state index contributed by atoms with van der Waals surface area (Å²) in [5, 5.41) is 10.8. The van der Waals surface area contributed by atoms with E-state index in [1.165, 1.54) is 11.1 Å². The summed E-state index contributed by atoms with van der Waals surface area (Å²) < 4.78 is 0. The molecule has 1 aliphatic carbocycles. The quantitative estimate of drug-likeness (QED) is 0.450. The Balaban J connectivity index is 1.68. The highest BCUT2D eigenvalue weighted by molar-refractivity contribution is 5.81. The Morgan fingerprint density at radius 2 is 1.91 bits per heavy atom. The van der Waals surface area contributed by atoms with E-state index >= 15 is 0 Å². The van der Waals surface area contributed by atoms with Gasteiger partial charge in [-0.25, -0.2) is 0 Å². The van der Waals surface area contributed by atoms with E-state index in [4.69, 9.17) is 4.98 Å². The topological polar surface area (TPSA) is 46.0 Å². The van der Waals surface area contributed by atoms with Gasteiger partial charge in [-0.2, -0.15) is 0 Å². The van der Waals surface area contributed by atoms with Gasteiger partial charge in [0.1, 0.15) is 0 Å². The van der Waals surface area contributed by atoms with Crippen LogP contribution in [0.2, 0.25) is 0 Å². The van der Waals surface area contributed by atoms with Crippen LogP contribution in [-0.4, -0.2) is 15.1 Å². The minimum atomic E-state index is -0.788. The number of pyridine rings is 2. The lowest BCUT2D eigenvalue weighted by atomic mass is 9.87. The maximum Gasteiger partial charge on any atom is 0.0868 e. The number of hydrogen-bond donors (Lipinski definition) is 1. The Morgan fingerprint density at radius 1 is 1.12 bits per heavy atom. The number of benzene rings is 1. The average Bonchev–Trinajstić information content (AvgIpc) is 2.78. The van der Waals surface area contributed by atoms with Crippen LogP contribution in [0.25, 0.3) is 22.9 Å². The zero-order chi connectivity index (χ0) is 22.7. The molecule has 3 nitrogen and oxygen atoms in total. The third kappa shape index (κ3) is 4.73. The first-order valence-electron chi connectivity index (χ1n) is 11.5. The average molecular weight is 425 g/mol. The van der Waals surface area contributed by atoms with E-state index in [0.29, 0.717) is 0 Å². The molecule has 1 aromatic carbocycles. The van der Waals surface area contributed by atoms with Crippen molar-refractivity contribution >= 4 is 11.6 Å². The van der Waals surface area contributed by atoms with Gasteiger partial charge in [0.15, 0.2) is 0 Å². The predicted molar refractivity (Wildman–Crippen MR) is 133 cm³/mol. The molecular formula is C29H32N2O. The summed E-state index contributed by atoms with van der Waals surface area (Å²) in [7, 11) is 0. The number of aryl methyl sites for hydroxylation is 1. The number of aromatic nitrogens is 2. The standard InChI is InChI=1S/C29H32N2O/c1-5-6-16-29(4,32)25-14-11-22(12-15-25)17-27-28-20(2)8-7-9-23(28)18-26(31-27)24-13-10-21(3)30-19-24/h7,9-15,18-19,32H,2,5-6,8,16-17H2,1,3-4H3. The molecule has 32 heavy (non-hydrogen) atoms. The molecule has 0 bridgehead atoms. The summed E-state index contributed by atoms with van der Waals surface area (Å²) >= 11 is 0. The molecule has 164 valence electrons. The van der Waals surface area contributed by atoms with Crippen LogP contribution < -0.4 is 0 Å². The number of fused-ring (bicyclic) bond motifs is 1. The van der Waals surface area contributed by atoms with E-state index in [-0.39, 0.29) is 0 Å². The SMILES string of the molecule is C=C1CC=Cc2cc(-c3ccc(C)nc3)nc(Cc3ccc(C(C)(O)CCCC)cc3)c21. The lowest BCUT2D eigenvalue weighted by Gasteiger charge is -2.24. The molecule has 2 heterocycles. The van der Waals surface area contributed by atoms with Crippen molar-refractivity contribution in [3.8, 4) is 11.3 Å². The van der Waals surface area contributed by atoms with Gasteiger partial charge in [-0.15, -0.1) is 0 Å². The summed E-state index contributed by atoms with van der Waals surface area (Å²) in [5.41, 5.74) is 8.79. The first-order chi connectivity index (χ1) is 15.4. The summed E-state index contributed by atoms with van der Waals surface area (Å²) in [6.07, 6.45) is 10.7. The number of unbranched alkanes of at least 4 members (excludes halogenated alkanes) is 1. The fourth-order valence-electron chi connectivity index (χ4n) is 4.32. The number of aliphatic hydroxyl groups is 1. The lowest BCUT2D eigenvalue weighted by Crippen LogP contribution is -2.20. The van der Waals surface area contributed by atoms with E-state index in [1.807, 2.05) is 26.1 Å². The molecule has 0 aliphatic heterocycles. The second-order valence-corrected chi connectivity index (χ2v) is 9.07. The van der Waals surface area contributed by atoms with Crippen molar-refractivity contribution in [1.29, 1.82) is 0 Å². The van der Waals surface area contributed by atoms with Crippen LogP contribution in [0.5, 0.6) is 0 Å². The van der Waals surface area contributed by atoms with E-state index in [9.17, 15) is 5.11 Å². The highest BCUT2D eigenvalue weighted by Gasteiger charge is 2.22. The van der Waals surface area contributed by atoms with Crippen molar-refractivity contribution < 1.29 is 5.11 Å². The summed E-state index contributed by atoms with van der Waals surface area (Å²) in [6, 6.07) is 14.6. The molecule has 1 unspecified atom stereocenters. The van der Waals surface area contributed by atoms with Crippen LogP contribution in [-0.2, 0) is 12.0 Å². The van der Waals surface area contributed by atoms with Crippen molar-refractivity contribution in [3.63, 3.8) is 0 Å². The Hall–Kier alpha value is -3.04. The van der Waals surface area contributed by atoms with Crippen LogP contribution in [0.4, 0.5) is 0 Å². The zero-order valence-electron chi connectivity index (χ0n) is 19.4. The molecule has 1 aliphatic rings. The largest absolute Gasteiger partial charge is 0.385 e. The van der Waals surface area contributed by atoms with Crippen LogP contribution in [0.15, 0.2) is 61.3 Å². The molecule has 0 radical (unpaired) electrons. The molecule has 0 saturated carbocycles. The first kappa shape index (κ1) is 22.2. The Bertz CT molecular complexity index is 1140. The van der Waals surface area contributed by atoms with Gasteiger partial charge in [0.25, 0.3) is 0 Å². The van der Waals surface area contributed by atoms with Gasteiger partial charge in [0, 0.05) is 29.4 Å². The van der Waals surface area contributed by atoms with Gasteiger partial charge in [0.05, 0.1) is 17.0 Å². The van der Waals surface area contributed by atoms with Crippen molar-refractivity contribution in [2.75, 3.05) is 0 Å². The summed E-state index contributed by atoms with van der Waals surface area (Å²) in [4.78, 5) is 9.51. The Morgan fingerprint density at radius 3 is 2.59 bits per heavy atom. The lowest BCUT2D eigenvalue weighted by molar-refractivity contribution is 0.0453. The molecule has 0 fully saturated rings. The van der Waals surface area contributed by atoms with E-state index in [0.717, 1.165) is 71.4 Å². The molecule has 2 aromatic heterocycles. The van der Waals surface area contributed by atoms with Crippen molar-refractivity contribution in [2.24, 2.45) is 0 Å². The first-order valence-corrected chi connectivity index (χ1v) is 11.5. The zero-order valence-corrected chi connectivity index (χ0v) is 19.4. The third-order valence-corrected chi connectivity index (χ3v) is 6.31. The van der Waals surface area contributed by atoms with Gasteiger partial charge in [0.2, 0.25) is 0 Å². The fraction of sp³-hybridized carbons (Fsp3) is 0.310. The van der Waals surface area contributed by atoms with Gasteiger partial charge in [-0.3, -0.25) is 9.97 Å². The monoisotopic (exact) mass is 424 g/mol. The van der Waals surface area contributed by atoms with Crippen LogP contribution in [0.3, 0.4) is 0 Å². The predicted octanol–water partition coefficient (Wildman–Crippen LogP) is 6.87. The van der Waals surface area contributed by atoms with Crippen molar-refractivity contribution in [2.45, 2.75) is 58.5 Å². The molecule has 0 spiro atoms. The third-order valence-electron chi connectivity index (χ3n) is 6.31. The highest BCUT2D eigenvalue weighted by Crippen LogP contribution is 2.34. The van der Waals surface area contributed by atoms with Crippen LogP contribution in [0.1, 0.15) is 73.2 Å².